The first kappa shape index (κ1) is 10.7. The molecule has 0 bridgehead atoms. The highest BCUT2D eigenvalue weighted by Gasteiger charge is 2.25. The van der Waals surface area contributed by atoms with Crippen LogP contribution in [0.1, 0.15) is 37.3 Å². The SMILES string of the molecule is CCCCC(N)C1Cc2ccccc2C1. The van der Waals surface area contributed by atoms with E-state index in [1.54, 1.807) is 0 Å². The molecule has 0 amide bonds. The van der Waals surface area contributed by atoms with E-state index in [1.165, 1.54) is 43.2 Å². The number of fused-ring (bicyclic) bond motifs is 1. The van der Waals surface area contributed by atoms with Gasteiger partial charge in [0.1, 0.15) is 0 Å². The van der Waals surface area contributed by atoms with Crippen LogP contribution >= 0.6 is 0 Å². The normalized spacial score (nSPS) is 17.7. The van der Waals surface area contributed by atoms with Crippen LogP contribution in [0.15, 0.2) is 24.3 Å². The van der Waals surface area contributed by atoms with Crippen molar-refractivity contribution in [3.63, 3.8) is 0 Å². The molecule has 15 heavy (non-hydrogen) atoms. The van der Waals surface area contributed by atoms with Crippen LogP contribution in [0.25, 0.3) is 0 Å². The Balaban J connectivity index is 1.94. The van der Waals surface area contributed by atoms with Gasteiger partial charge in [-0.25, -0.2) is 0 Å². The van der Waals surface area contributed by atoms with Crippen LogP contribution in [0.4, 0.5) is 0 Å². The second kappa shape index (κ2) is 4.80. The Labute approximate surface area is 92.7 Å². The zero-order chi connectivity index (χ0) is 10.7. The van der Waals surface area contributed by atoms with Crippen molar-refractivity contribution in [2.24, 2.45) is 11.7 Å². The molecule has 0 saturated carbocycles. The first-order chi connectivity index (χ1) is 7.31. The Kier molecular flexibility index (Phi) is 3.42. The minimum atomic E-state index is 0.400. The van der Waals surface area contributed by atoms with E-state index in [9.17, 15) is 0 Å². The zero-order valence-electron chi connectivity index (χ0n) is 9.58. The summed E-state index contributed by atoms with van der Waals surface area (Å²) in [5.74, 6) is 0.689. The third kappa shape index (κ3) is 2.40. The van der Waals surface area contributed by atoms with E-state index in [2.05, 4.69) is 31.2 Å². The van der Waals surface area contributed by atoms with Crippen LogP contribution in [0.3, 0.4) is 0 Å². The Morgan fingerprint density at radius 1 is 1.27 bits per heavy atom. The Hall–Kier alpha value is -0.820. The van der Waals surface area contributed by atoms with Crippen molar-refractivity contribution in [3.8, 4) is 0 Å². The molecule has 2 N–H and O–H groups in total. The summed E-state index contributed by atoms with van der Waals surface area (Å²) in [4.78, 5) is 0. The molecule has 82 valence electrons. The van der Waals surface area contributed by atoms with Gasteiger partial charge < -0.3 is 5.73 Å². The monoisotopic (exact) mass is 203 g/mol. The largest absolute Gasteiger partial charge is 0.327 e. The summed E-state index contributed by atoms with van der Waals surface area (Å²) in [6.07, 6.45) is 6.11. The maximum atomic E-state index is 6.24. The highest BCUT2D eigenvalue weighted by molar-refractivity contribution is 5.32. The second-order valence-electron chi connectivity index (χ2n) is 4.74. The molecule has 1 aromatic carbocycles. The lowest BCUT2D eigenvalue weighted by Gasteiger charge is -2.18. The van der Waals surface area contributed by atoms with Crippen LogP contribution < -0.4 is 5.73 Å². The van der Waals surface area contributed by atoms with Crippen molar-refractivity contribution in [3.05, 3.63) is 35.4 Å². The van der Waals surface area contributed by atoms with Crippen LogP contribution in [-0.2, 0) is 12.8 Å². The number of unbranched alkanes of at least 4 members (excludes halogenated alkanes) is 1. The molecule has 1 nitrogen and oxygen atoms in total. The molecule has 0 fully saturated rings. The zero-order valence-corrected chi connectivity index (χ0v) is 9.58. The van der Waals surface area contributed by atoms with Crippen molar-refractivity contribution in [2.45, 2.75) is 45.1 Å². The van der Waals surface area contributed by atoms with Crippen LogP contribution in [-0.4, -0.2) is 6.04 Å². The summed E-state index contributed by atoms with van der Waals surface area (Å²) < 4.78 is 0. The number of hydrogen-bond donors (Lipinski definition) is 1. The second-order valence-corrected chi connectivity index (χ2v) is 4.74. The molecule has 0 heterocycles. The lowest BCUT2D eigenvalue weighted by atomic mass is 9.93. The summed E-state index contributed by atoms with van der Waals surface area (Å²) in [5, 5.41) is 0. The van der Waals surface area contributed by atoms with Gasteiger partial charge in [0.05, 0.1) is 0 Å². The summed E-state index contributed by atoms with van der Waals surface area (Å²) in [7, 11) is 0. The van der Waals surface area contributed by atoms with Crippen LogP contribution in [0, 0.1) is 5.92 Å². The lowest BCUT2D eigenvalue weighted by Crippen LogP contribution is -2.30. The molecule has 1 aliphatic carbocycles. The number of hydrogen-bond acceptors (Lipinski definition) is 1. The van der Waals surface area contributed by atoms with Gasteiger partial charge in [-0.3, -0.25) is 0 Å². The Morgan fingerprint density at radius 2 is 1.87 bits per heavy atom. The van der Waals surface area contributed by atoms with E-state index in [0.717, 1.165) is 0 Å². The molecule has 0 aromatic heterocycles. The van der Waals surface area contributed by atoms with Gasteiger partial charge in [0, 0.05) is 6.04 Å². The third-order valence-corrected chi connectivity index (χ3v) is 3.58. The summed E-state index contributed by atoms with van der Waals surface area (Å²) in [6.45, 7) is 2.23. The van der Waals surface area contributed by atoms with Gasteiger partial charge in [-0.1, -0.05) is 44.0 Å². The van der Waals surface area contributed by atoms with E-state index >= 15 is 0 Å². The summed E-state index contributed by atoms with van der Waals surface area (Å²) in [6, 6.07) is 9.18. The topological polar surface area (TPSA) is 26.0 Å². The van der Waals surface area contributed by atoms with Gasteiger partial charge in [0.15, 0.2) is 0 Å². The lowest BCUT2D eigenvalue weighted by molar-refractivity contribution is 0.407. The van der Waals surface area contributed by atoms with Gasteiger partial charge in [0.25, 0.3) is 0 Å². The van der Waals surface area contributed by atoms with Gasteiger partial charge in [-0.2, -0.15) is 0 Å². The third-order valence-electron chi connectivity index (χ3n) is 3.58. The molecule has 1 heteroatoms. The fourth-order valence-corrected chi connectivity index (χ4v) is 2.57. The smallest absolute Gasteiger partial charge is 0.00735 e. The Morgan fingerprint density at radius 3 is 2.40 bits per heavy atom. The van der Waals surface area contributed by atoms with Gasteiger partial charge in [0.2, 0.25) is 0 Å². The van der Waals surface area contributed by atoms with E-state index in [-0.39, 0.29) is 0 Å². The highest BCUT2D eigenvalue weighted by Crippen LogP contribution is 2.29. The van der Waals surface area contributed by atoms with Crippen molar-refractivity contribution < 1.29 is 0 Å². The molecule has 1 atom stereocenters. The van der Waals surface area contributed by atoms with E-state index in [4.69, 9.17) is 5.73 Å². The molecule has 1 unspecified atom stereocenters. The van der Waals surface area contributed by atoms with Crippen molar-refractivity contribution in [1.82, 2.24) is 0 Å². The van der Waals surface area contributed by atoms with Crippen LogP contribution in [0.5, 0.6) is 0 Å². The van der Waals surface area contributed by atoms with Crippen LogP contribution in [0.2, 0.25) is 0 Å². The number of nitrogens with two attached hydrogens (primary N) is 1. The summed E-state index contributed by atoms with van der Waals surface area (Å²) >= 11 is 0. The van der Waals surface area contributed by atoms with E-state index in [0.29, 0.717) is 12.0 Å². The first-order valence-electron chi connectivity index (χ1n) is 6.13. The number of benzene rings is 1. The fourth-order valence-electron chi connectivity index (χ4n) is 2.57. The molecule has 0 radical (unpaired) electrons. The summed E-state index contributed by atoms with van der Waals surface area (Å²) in [5.41, 5.74) is 9.29. The minimum absolute atomic E-state index is 0.400. The molecule has 0 aliphatic heterocycles. The molecule has 2 rings (SSSR count). The number of rotatable bonds is 4. The molecule has 0 spiro atoms. The van der Waals surface area contributed by atoms with Crippen molar-refractivity contribution in [1.29, 1.82) is 0 Å². The average Bonchev–Trinajstić information content (AvgIpc) is 2.69. The van der Waals surface area contributed by atoms with Gasteiger partial charge in [-0.15, -0.1) is 0 Å². The Bertz CT molecular complexity index is 294. The predicted molar refractivity (Wildman–Crippen MR) is 64.8 cm³/mol. The first-order valence-corrected chi connectivity index (χ1v) is 6.13. The van der Waals surface area contributed by atoms with Gasteiger partial charge >= 0.3 is 0 Å². The molecular weight excluding hydrogens is 182 g/mol. The minimum Gasteiger partial charge on any atom is -0.327 e. The highest BCUT2D eigenvalue weighted by atomic mass is 14.7. The average molecular weight is 203 g/mol. The van der Waals surface area contributed by atoms with Crippen molar-refractivity contribution >= 4 is 0 Å². The van der Waals surface area contributed by atoms with Crippen molar-refractivity contribution in [2.75, 3.05) is 0 Å². The fraction of sp³-hybridized carbons (Fsp3) is 0.571. The standard InChI is InChI=1S/C14H21N/c1-2-3-8-14(15)13-9-11-6-4-5-7-12(11)10-13/h4-7,13-14H,2-3,8-10,15H2,1H3. The van der Waals surface area contributed by atoms with E-state index < -0.39 is 0 Å². The molecular formula is C14H21N. The molecule has 0 saturated heterocycles. The molecule has 1 aliphatic rings. The van der Waals surface area contributed by atoms with E-state index in [1.807, 2.05) is 0 Å². The quantitative estimate of drug-likeness (QED) is 0.800. The maximum Gasteiger partial charge on any atom is 0.00735 e. The van der Waals surface area contributed by atoms with Gasteiger partial charge in [-0.05, 0) is 36.3 Å². The molecule has 1 aromatic rings. The predicted octanol–water partition coefficient (Wildman–Crippen LogP) is 2.92. The maximum absolute atomic E-state index is 6.24.